The van der Waals surface area contributed by atoms with Gasteiger partial charge >= 0.3 is 17.9 Å². The van der Waals surface area contributed by atoms with Crippen LogP contribution < -0.4 is 0 Å². The highest BCUT2D eigenvalue weighted by atomic mass is 16.6. The van der Waals surface area contributed by atoms with Crippen molar-refractivity contribution < 1.29 is 28.6 Å². The van der Waals surface area contributed by atoms with Gasteiger partial charge in [-0.15, -0.1) is 0 Å². The second-order valence-electron chi connectivity index (χ2n) is 22.0. The van der Waals surface area contributed by atoms with Crippen molar-refractivity contribution in [2.75, 3.05) is 13.2 Å². The lowest BCUT2D eigenvalue weighted by molar-refractivity contribution is -0.167. The van der Waals surface area contributed by atoms with E-state index in [0.29, 0.717) is 19.3 Å². The molecule has 0 rings (SSSR count). The third-order valence-electron chi connectivity index (χ3n) is 14.6. The summed E-state index contributed by atoms with van der Waals surface area (Å²) in [5.41, 5.74) is 0. The number of hydrogen-bond donors (Lipinski definition) is 0. The summed E-state index contributed by atoms with van der Waals surface area (Å²) in [6.07, 6.45) is 78.6. The zero-order chi connectivity index (χ0) is 53.6. The van der Waals surface area contributed by atoms with E-state index in [1.807, 2.05) is 0 Å². The Morgan fingerprint density at radius 1 is 0.284 bits per heavy atom. The molecule has 0 aliphatic carbocycles. The topological polar surface area (TPSA) is 78.9 Å². The minimum absolute atomic E-state index is 0.0826. The Balaban J connectivity index is 4.18. The summed E-state index contributed by atoms with van der Waals surface area (Å²) in [5.74, 6) is -0.903. The molecule has 0 aromatic carbocycles. The maximum Gasteiger partial charge on any atom is 0.306 e. The van der Waals surface area contributed by atoms with Crippen LogP contribution in [0, 0.1) is 0 Å². The van der Waals surface area contributed by atoms with E-state index in [4.69, 9.17) is 14.2 Å². The van der Waals surface area contributed by atoms with Crippen molar-refractivity contribution in [3.05, 3.63) is 48.6 Å². The Morgan fingerprint density at radius 3 is 0.851 bits per heavy atom. The Hall–Kier alpha value is -2.63. The summed E-state index contributed by atoms with van der Waals surface area (Å²) in [6, 6.07) is 0. The second-order valence-corrected chi connectivity index (χ2v) is 22.0. The largest absolute Gasteiger partial charge is 0.462 e. The van der Waals surface area contributed by atoms with E-state index in [-0.39, 0.29) is 31.1 Å². The molecule has 0 heterocycles. The van der Waals surface area contributed by atoms with Crippen LogP contribution in [0.25, 0.3) is 0 Å². The van der Waals surface area contributed by atoms with Crippen LogP contribution in [0.3, 0.4) is 0 Å². The average Bonchev–Trinajstić information content (AvgIpc) is 3.40. The molecule has 1 atom stereocenters. The molecule has 0 aliphatic heterocycles. The molecule has 6 nitrogen and oxygen atoms in total. The fourth-order valence-corrected chi connectivity index (χ4v) is 9.69. The van der Waals surface area contributed by atoms with Gasteiger partial charge in [0.2, 0.25) is 0 Å². The van der Waals surface area contributed by atoms with Crippen molar-refractivity contribution in [3.8, 4) is 0 Å². The summed E-state index contributed by atoms with van der Waals surface area (Å²) in [5, 5.41) is 0. The Morgan fingerprint density at radius 2 is 0.527 bits per heavy atom. The molecule has 0 aromatic rings. The van der Waals surface area contributed by atoms with Gasteiger partial charge < -0.3 is 14.2 Å². The lowest BCUT2D eigenvalue weighted by atomic mass is 10.0. The molecule has 0 aliphatic rings. The van der Waals surface area contributed by atoms with Gasteiger partial charge in [-0.1, -0.05) is 301 Å². The first-order valence-corrected chi connectivity index (χ1v) is 32.6. The van der Waals surface area contributed by atoms with Crippen LogP contribution in [0.2, 0.25) is 0 Å². The van der Waals surface area contributed by atoms with Crippen molar-refractivity contribution in [2.45, 2.75) is 354 Å². The van der Waals surface area contributed by atoms with Gasteiger partial charge in [0.05, 0.1) is 0 Å². The standard InChI is InChI=1S/C68H124O6/c1-4-7-10-13-16-19-22-25-27-28-29-30-31-32-33-34-35-36-37-38-39-41-43-46-49-52-55-58-61-67(70)73-64-65(63-72-66(69)60-57-54-51-48-45-42-24-21-18-15-12-9-6-3)74-68(71)62-59-56-53-50-47-44-40-26-23-20-17-14-11-8-5-2/h9,12,18,21,26,40,42,45,65H,4-8,10-11,13-17,19-20,22-25,27-39,41,43-44,46-64H2,1-3H3/b12-9-,21-18-,40-26-,45-42-. The molecular weight excluding hydrogens is 913 g/mol. The SMILES string of the molecule is CC/C=C\C/C=C\C/C=C\CCCCCC(=O)OCC(COC(=O)CCCCCCCCCCCCCCCCCCCCCCCCCCCCCC)OC(=O)CCCCCCC/C=C\CCCCCCCC. The molecule has 6 heteroatoms. The first-order valence-electron chi connectivity index (χ1n) is 32.6. The summed E-state index contributed by atoms with van der Waals surface area (Å²) >= 11 is 0. The van der Waals surface area contributed by atoms with E-state index in [0.717, 1.165) is 96.3 Å². The smallest absolute Gasteiger partial charge is 0.306 e. The molecule has 1 unspecified atom stereocenters. The summed E-state index contributed by atoms with van der Waals surface area (Å²) in [7, 11) is 0. The van der Waals surface area contributed by atoms with Gasteiger partial charge in [0.25, 0.3) is 0 Å². The van der Waals surface area contributed by atoms with Crippen molar-refractivity contribution in [3.63, 3.8) is 0 Å². The Kier molecular flexibility index (Phi) is 60.7. The normalized spacial score (nSPS) is 12.3. The number of esters is 3. The van der Waals surface area contributed by atoms with E-state index in [1.54, 1.807) is 0 Å². The molecule has 0 saturated carbocycles. The van der Waals surface area contributed by atoms with E-state index < -0.39 is 6.10 Å². The minimum Gasteiger partial charge on any atom is -0.462 e. The summed E-state index contributed by atoms with van der Waals surface area (Å²) in [6.45, 7) is 6.54. The quantitative estimate of drug-likeness (QED) is 0.0261. The van der Waals surface area contributed by atoms with Crippen LogP contribution in [0.1, 0.15) is 348 Å². The van der Waals surface area contributed by atoms with Crippen LogP contribution in [0.4, 0.5) is 0 Å². The predicted octanol–water partition coefficient (Wildman–Crippen LogP) is 22.2. The first-order chi connectivity index (χ1) is 36.5. The third-order valence-corrected chi connectivity index (χ3v) is 14.6. The number of carbonyl (C=O) groups excluding carboxylic acids is 3. The molecule has 74 heavy (non-hydrogen) atoms. The highest BCUT2D eigenvalue weighted by molar-refractivity contribution is 5.71. The van der Waals surface area contributed by atoms with Crippen molar-refractivity contribution in [2.24, 2.45) is 0 Å². The zero-order valence-electron chi connectivity index (χ0n) is 49.6. The number of carbonyl (C=O) groups is 3. The van der Waals surface area contributed by atoms with Crippen molar-refractivity contribution in [1.29, 1.82) is 0 Å². The number of hydrogen-bond acceptors (Lipinski definition) is 6. The van der Waals surface area contributed by atoms with Gasteiger partial charge in [0.1, 0.15) is 13.2 Å². The van der Waals surface area contributed by atoms with Gasteiger partial charge in [-0.05, 0) is 77.0 Å². The lowest BCUT2D eigenvalue weighted by Gasteiger charge is -2.18. The first kappa shape index (κ1) is 71.4. The molecule has 0 radical (unpaired) electrons. The van der Waals surface area contributed by atoms with Gasteiger partial charge in [-0.2, -0.15) is 0 Å². The summed E-state index contributed by atoms with van der Waals surface area (Å²) in [4.78, 5) is 38.2. The molecule has 0 saturated heterocycles. The highest BCUT2D eigenvalue weighted by Gasteiger charge is 2.19. The van der Waals surface area contributed by atoms with E-state index in [1.165, 1.54) is 212 Å². The predicted molar refractivity (Wildman–Crippen MR) is 321 cm³/mol. The molecule has 0 N–H and O–H groups in total. The fourth-order valence-electron chi connectivity index (χ4n) is 9.69. The summed E-state index contributed by atoms with van der Waals surface area (Å²) < 4.78 is 16.9. The lowest BCUT2D eigenvalue weighted by Crippen LogP contribution is -2.30. The van der Waals surface area contributed by atoms with Crippen molar-refractivity contribution in [1.82, 2.24) is 0 Å². The zero-order valence-corrected chi connectivity index (χ0v) is 49.6. The molecule has 0 aromatic heterocycles. The Labute approximate surface area is 460 Å². The number of rotatable bonds is 60. The average molecular weight is 1040 g/mol. The fraction of sp³-hybridized carbons (Fsp3) is 0.838. The number of allylic oxidation sites excluding steroid dienone is 8. The molecule has 432 valence electrons. The molecule has 0 bridgehead atoms. The molecule has 0 spiro atoms. The van der Waals surface area contributed by atoms with Gasteiger partial charge in [0, 0.05) is 19.3 Å². The van der Waals surface area contributed by atoms with Crippen LogP contribution in [-0.4, -0.2) is 37.2 Å². The third kappa shape index (κ3) is 60.2. The minimum atomic E-state index is -0.788. The van der Waals surface area contributed by atoms with E-state index in [2.05, 4.69) is 69.4 Å². The monoisotopic (exact) mass is 1040 g/mol. The van der Waals surface area contributed by atoms with Gasteiger partial charge in [-0.25, -0.2) is 0 Å². The molecule has 0 fully saturated rings. The Bertz CT molecular complexity index is 1280. The van der Waals surface area contributed by atoms with Crippen LogP contribution in [0.15, 0.2) is 48.6 Å². The van der Waals surface area contributed by atoms with Crippen LogP contribution in [0.5, 0.6) is 0 Å². The maximum absolute atomic E-state index is 12.9. The van der Waals surface area contributed by atoms with E-state index >= 15 is 0 Å². The van der Waals surface area contributed by atoms with Gasteiger partial charge in [0.15, 0.2) is 6.10 Å². The van der Waals surface area contributed by atoms with E-state index in [9.17, 15) is 14.4 Å². The number of ether oxygens (including phenoxy) is 3. The molecule has 0 amide bonds. The van der Waals surface area contributed by atoms with Crippen LogP contribution in [-0.2, 0) is 28.6 Å². The van der Waals surface area contributed by atoms with Crippen molar-refractivity contribution >= 4 is 17.9 Å². The second kappa shape index (κ2) is 62.9. The number of unbranched alkanes of at least 4 members (excludes halogenated alkanes) is 41. The van der Waals surface area contributed by atoms with Gasteiger partial charge in [-0.3, -0.25) is 14.4 Å². The maximum atomic E-state index is 12.9. The highest BCUT2D eigenvalue weighted by Crippen LogP contribution is 2.18. The van der Waals surface area contributed by atoms with Crippen LogP contribution >= 0.6 is 0 Å². The molecular formula is C68H124O6.